The fourth-order valence-corrected chi connectivity index (χ4v) is 2.06. The van der Waals surface area contributed by atoms with E-state index in [0.29, 0.717) is 13.1 Å². The predicted molar refractivity (Wildman–Crippen MR) is 61.0 cm³/mol. The van der Waals surface area contributed by atoms with Crippen LogP contribution < -0.4 is 11.1 Å². The van der Waals surface area contributed by atoms with Crippen molar-refractivity contribution in [3.63, 3.8) is 0 Å². The fraction of sp³-hybridized carbons (Fsp3) is 0.909. The molecular formula is C11H21N3O2. The smallest absolute Gasteiger partial charge is 0.227 e. The minimum absolute atomic E-state index is 0.104. The van der Waals surface area contributed by atoms with Gasteiger partial charge in [-0.2, -0.15) is 0 Å². The normalized spacial score (nSPS) is 28.8. The Bertz CT molecular complexity index is 266. The molecule has 3 N–H and O–H groups in total. The van der Waals surface area contributed by atoms with Gasteiger partial charge in [0.05, 0.1) is 18.1 Å². The van der Waals surface area contributed by atoms with Gasteiger partial charge in [-0.05, 0) is 19.9 Å². The Balaban J connectivity index is 1.72. The number of nitrogens with zero attached hydrogens (tertiary/aromatic N) is 1. The maximum absolute atomic E-state index is 11.8. The molecule has 0 aromatic rings. The molecule has 2 fully saturated rings. The number of morpholine rings is 1. The number of carbonyl (C=O) groups is 1. The summed E-state index contributed by atoms with van der Waals surface area (Å²) in [7, 11) is 2.07. The van der Waals surface area contributed by atoms with Gasteiger partial charge >= 0.3 is 0 Å². The van der Waals surface area contributed by atoms with Crippen LogP contribution in [0.4, 0.5) is 0 Å². The van der Waals surface area contributed by atoms with Gasteiger partial charge in [-0.25, -0.2) is 0 Å². The molecule has 0 radical (unpaired) electrons. The van der Waals surface area contributed by atoms with Crippen LogP contribution in [0.3, 0.4) is 0 Å². The lowest BCUT2D eigenvalue weighted by Gasteiger charge is -2.30. The lowest BCUT2D eigenvalue weighted by molar-refractivity contribution is -0.127. The zero-order valence-corrected chi connectivity index (χ0v) is 9.87. The molecule has 1 unspecified atom stereocenters. The molecule has 0 spiro atoms. The van der Waals surface area contributed by atoms with Gasteiger partial charge in [0.25, 0.3) is 0 Å². The molecule has 1 aliphatic carbocycles. The van der Waals surface area contributed by atoms with E-state index in [1.54, 1.807) is 0 Å². The predicted octanol–water partition coefficient (Wildman–Crippen LogP) is -0.828. The number of hydrogen-bond donors (Lipinski definition) is 2. The summed E-state index contributed by atoms with van der Waals surface area (Å²) in [5, 5.41) is 2.96. The Labute approximate surface area is 96.3 Å². The SMILES string of the molecule is CN1CCOC(CNC(=O)C2(CN)CC2)C1. The molecule has 0 bridgehead atoms. The van der Waals surface area contributed by atoms with E-state index in [0.717, 1.165) is 32.5 Å². The van der Waals surface area contributed by atoms with Crippen molar-refractivity contribution in [1.82, 2.24) is 10.2 Å². The highest BCUT2D eigenvalue weighted by molar-refractivity contribution is 5.85. The zero-order chi connectivity index (χ0) is 11.6. The minimum Gasteiger partial charge on any atom is -0.374 e. The highest BCUT2D eigenvalue weighted by Crippen LogP contribution is 2.44. The highest BCUT2D eigenvalue weighted by Gasteiger charge is 2.48. The van der Waals surface area contributed by atoms with Crippen molar-refractivity contribution in [2.24, 2.45) is 11.1 Å². The Morgan fingerprint density at radius 2 is 2.38 bits per heavy atom. The number of nitrogens with one attached hydrogen (secondary N) is 1. The van der Waals surface area contributed by atoms with Gasteiger partial charge in [0.2, 0.25) is 5.91 Å². The molecule has 2 rings (SSSR count). The van der Waals surface area contributed by atoms with Gasteiger partial charge in [-0.15, -0.1) is 0 Å². The van der Waals surface area contributed by atoms with Crippen LogP contribution in [0.25, 0.3) is 0 Å². The summed E-state index contributed by atoms with van der Waals surface area (Å²) < 4.78 is 5.58. The summed E-state index contributed by atoms with van der Waals surface area (Å²) in [6.45, 7) is 3.67. The summed E-state index contributed by atoms with van der Waals surface area (Å²) in [6, 6.07) is 0. The monoisotopic (exact) mass is 227 g/mol. The van der Waals surface area contributed by atoms with E-state index in [1.807, 2.05) is 0 Å². The van der Waals surface area contributed by atoms with Crippen LogP contribution in [0.2, 0.25) is 0 Å². The van der Waals surface area contributed by atoms with Crippen LogP contribution in [0.1, 0.15) is 12.8 Å². The van der Waals surface area contributed by atoms with E-state index >= 15 is 0 Å². The molecule has 1 heterocycles. The Morgan fingerprint density at radius 1 is 1.62 bits per heavy atom. The van der Waals surface area contributed by atoms with Crippen molar-refractivity contribution < 1.29 is 9.53 Å². The quantitative estimate of drug-likeness (QED) is 0.658. The molecule has 1 aliphatic heterocycles. The minimum atomic E-state index is -0.249. The molecule has 16 heavy (non-hydrogen) atoms. The van der Waals surface area contributed by atoms with E-state index in [-0.39, 0.29) is 17.4 Å². The fourth-order valence-electron chi connectivity index (χ4n) is 2.06. The first kappa shape index (κ1) is 11.8. The number of nitrogens with two attached hydrogens (primary N) is 1. The topological polar surface area (TPSA) is 67.6 Å². The van der Waals surface area contributed by atoms with E-state index in [4.69, 9.17) is 10.5 Å². The van der Waals surface area contributed by atoms with E-state index in [1.165, 1.54) is 0 Å². The molecule has 5 nitrogen and oxygen atoms in total. The first-order chi connectivity index (χ1) is 7.66. The molecule has 5 heteroatoms. The molecule has 0 aromatic heterocycles. The third-order valence-electron chi connectivity index (χ3n) is 3.56. The van der Waals surface area contributed by atoms with Crippen LogP contribution in [-0.4, -0.2) is 56.7 Å². The summed E-state index contributed by atoms with van der Waals surface area (Å²) in [5.41, 5.74) is 5.35. The van der Waals surface area contributed by atoms with Crippen LogP contribution >= 0.6 is 0 Å². The molecule has 2 aliphatic rings. The molecular weight excluding hydrogens is 206 g/mol. The Morgan fingerprint density at radius 3 is 2.94 bits per heavy atom. The summed E-state index contributed by atoms with van der Waals surface area (Å²) in [5.74, 6) is 0.104. The van der Waals surface area contributed by atoms with Crippen molar-refractivity contribution in [3.05, 3.63) is 0 Å². The standard InChI is InChI=1S/C11H21N3O2/c1-14-4-5-16-9(7-14)6-13-10(15)11(8-12)2-3-11/h9H,2-8,12H2,1H3,(H,13,15). The van der Waals surface area contributed by atoms with Gasteiger partial charge in [0.15, 0.2) is 0 Å². The number of hydrogen-bond acceptors (Lipinski definition) is 4. The van der Waals surface area contributed by atoms with Crippen LogP contribution in [0.5, 0.6) is 0 Å². The highest BCUT2D eigenvalue weighted by atomic mass is 16.5. The van der Waals surface area contributed by atoms with Crippen LogP contribution in [0.15, 0.2) is 0 Å². The number of ether oxygens (including phenoxy) is 1. The zero-order valence-electron chi connectivity index (χ0n) is 9.87. The number of carbonyl (C=O) groups excluding carboxylic acids is 1. The molecule has 1 saturated heterocycles. The molecule has 0 aromatic carbocycles. The number of likely N-dealkylation sites (N-methyl/N-ethyl adjacent to an activating group) is 1. The van der Waals surface area contributed by atoms with Gasteiger partial charge in [-0.1, -0.05) is 0 Å². The van der Waals surface area contributed by atoms with Crippen molar-refractivity contribution in [2.45, 2.75) is 18.9 Å². The van der Waals surface area contributed by atoms with Crippen molar-refractivity contribution >= 4 is 5.91 Å². The Kier molecular flexibility index (Phi) is 3.47. The third kappa shape index (κ3) is 2.53. The maximum Gasteiger partial charge on any atom is 0.227 e. The third-order valence-corrected chi connectivity index (χ3v) is 3.56. The second-order valence-corrected chi connectivity index (χ2v) is 4.95. The molecule has 92 valence electrons. The number of amides is 1. The lowest BCUT2D eigenvalue weighted by atomic mass is 10.1. The van der Waals surface area contributed by atoms with Crippen molar-refractivity contribution in [3.8, 4) is 0 Å². The second kappa shape index (κ2) is 4.69. The van der Waals surface area contributed by atoms with Gasteiger partial charge in [-0.3, -0.25) is 4.79 Å². The van der Waals surface area contributed by atoms with E-state index in [9.17, 15) is 4.79 Å². The molecule has 1 atom stereocenters. The van der Waals surface area contributed by atoms with E-state index < -0.39 is 0 Å². The molecule has 1 amide bonds. The first-order valence-corrected chi connectivity index (χ1v) is 5.95. The summed E-state index contributed by atoms with van der Waals surface area (Å²) >= 11 is 0. The first-order valence-electron chi connectivity index (χ1n) is 5.95. The van der Waals surface area contributed by atoms with Crippen LogP contribution in [0, 0.1) is 5.41 Å². The van der Waals surface area contributed by atoms with E-state index in [2.05, 4.69) is 17.3 Å². The van der Waals surface area contributed by atoms with Gasteiger partial charge in [0.1, 0.15) is 0 Å². The van der Waals surface area contributed by atoms with Crippen molar-refractivity contribution in [1.29, 1.82) is 0 Å². The summed E-state index contributed by atoms with van der Waals surface area (Å²) in [4.78, 5) is 14.0. The molecule has 1 saturated carbocycles. The lowest BCUT2D eigenvalue weighted by Crippen LogP contribution is -2.47. The summed E-state index contributed by atoms with van der Waals surface area (Å²) in [6.07, 6.45) is 1.98. The van der Waals surface area contributed by atoms with Gasteiger partial charge in [0, 0.05) is 26.2 Å². The second-order valence-electron chi connectivity index (χ2n) is 4.95. The van der Waals surface area contributed by atoms with Crippen LogP contribution in [-0.2, 0) is 9.53 Å². The largest absolute Gasteiger partial charge is 0.374 e. The Hall–Kier alpha value is -0.650. The van der Waals surface area contributed by atoms with Crippen molar-refractivity contribution in [2.75, 3.05) is 39.8 Å². The number of rotatable bonds is 4. The maximum atomic E-state index is 11.8. The average Bonchev–Trinajstić information content (AvgIpc) is 3.07. The van der Waals surface area contributed by atoms with Gasteiger partial charge < -0.3 is 20.7 Å². The average molecular weight is 227 g/mol.